The van der Waals surface area contributed by atoms with Crippen LogP contribution in [0.2, 0.25) is 5.02 Å². The highest BCUT2D eigenvalue weighted by Gasteiger charge is 2.36. The lowest BCUT2D eigenvalue weighted by atomic mass is 10.1. The first-order valence-corrected chi connectivity index (χ1v) is 13.3. The lowest BCUT2D eigenvalue weighted by Crippen LogP contribution is -2.36. The topological polar surface area (TPSA) is 71.4 Å². The number of fused-ring (bicyclic) bond motifs is 1. The average Bonchev–Trinajstić information content (AvgIpc) is 3.34. The van der Waals surface area contributed by atoms with Gasteiger partial charge < -0.3 is 9.88 Å². The molecule has 1 fully saturated rings. The molecule has 0 saturated carbocycles. The number of aromatic nitrogens is 1. The number of thioether (sulfide) groups is 1. The van der Waals surface area contributed by atoms with Gasteiger partial charge in [0.15, 0.2) is 0 Å². The number of amides is 3. The number of imide groups is 1. The number of nitrogens with one attached hydrogen (secondary N) is 1. The molecule has 1 saturated heterocycles. The highest BCUT2D eigenvalue weighted by Crippen LogP contribution is 2.34. The fourth-order valence-corrected chi connectivity index (χ4v) is 5.83. The zero-order chi connectivity index (χ0) is 27.0. The molecule has 1 aliphatic heterocycles. The molecule has 192 valence electrons. The number of carbonyl (C=O) groups excluding carboxylic acids is 3. The van der Waals surface area contributed by atoms with Crippen LogP contribution in [0.1, 0.15) is 27.8 Å². The van der Waals surface area contributed by atoms with Gasteiger partial charge in [-0.3, -0.25) is 19.3 Å². The number of hydrogen-bond donors (Lipinski definition) is 1. The Kier molecular flexibility index (Phi) is 7.15. The molecule has 0 bridgehead atoms. The zero-order valence-corrected chi connectivity index (χ0v) is 22.8. The van der Waals surface area contributed by atoms with Crippen LogP contribution in [0.5, 0.6) is 0 Å². The molecule has 8 heteroatoms. The van der Waals surface area contributed by atoms with Gasteiger partial charge in [-0.2, -0.15) is 0 Å². The van der Waals surface area contributed by atoms with Gasteiger partial charge in [0.1, 0.15) is 6.54 Å². The monoisotopic (exact) mass is 543 g/mol. The van der Waals surface area contributed by atoms with Crippen LogP contribution in [0, 0.1) is 20.8 Å². The lowest BCUT2D eigenvalue weighted by molar-refractivity contribution is -0.127. The molecule has 1 aromatic heterocycles. The van der Waals surface area contributed by atoms with Crippen molar-refractivity contribution in [2.45, 2.75) is 27.3 Å². The third-order valence-corrected chi connectivity index (χ3v) is 7.80. The second-order valence-corrected chi connectivity index (χ2v) is 10.8. The van der Waals surface area contributed by atoms with Crippen molar-refractivity contribution in [3.8, 4) is 0 Å². The van der Waals surface area contributed by atoms with Crippen LogP contribution in [-0.2, 0) is 16.1 Å². The van der Waals surface area contributed by atoms with E-state index in [0.29, 0.717) is 17.3 Å². The Morgan fingerprint density at radius 2 is 1.68 bits per heavy atom. The lowest BCUT2D eigenvalue weighted by Gasteiger charge is -2.15. The number of benzene rings is 3. The third-order valence-electron chi connectivity index (χ3n) is 6.52. The zero-order valence-electron chi connectivity index (χ0n) is 21.2. The molecule has 1 aliphatic rings. The van der Waals surface area contributed by atoms with Gasteiger partial charge in [-0.25, -0.2) is 0 Å². The quantitative estimate of drug-likeness (QED) is 0.267. The van der Waals surface area contributed by atoms with Gasteiger partial charge in [-0.05, 0) is 67.4 Å². The maximum atomic E-state index is 13.2. The molecule has 3 amide bonds. The summed E-state index contributed by atoms with van der Waals surface area (Å²) in [7, 11) is 0. The van der Waals surface area contributed by atoms with E-state index in [-0.39, 0.29) is 11.4 Å². The average molecular weight is 544 g/mol. The highest BCUT2D eigenvalue weighted by atomic mass is 35.5. The van der Waals surface area contributed by atoms with E-state index in [2.05, 4.69) is 9.88 Å². The molecule has 5 rings (SSSR count). The number of carbonyl (C=O) groups is 3. The number of halogens is 1. The summed E-state index contributed by atoms with van der Waals surface area (Å²) in [5.41, 5.74) is 6.44. The highest BCUT2D eigenvalue weighted by molar-refractivity contribution is 8.18. The summed E-state index contributed by atoms with van der Waals surface area (Å²) in [6.45, 7) is 6.05. The summed E-state index contributed by atoms with van der Waals surface area (Å²) in [6.07, 6.45) is 3.68. The minimum absolute atomic E-state index is 0.283. The Morgan fingerprint density at radius 3 is 2.42 bits per heavy atom. The van der Waals surface area contributed by atoms with E-state index < -0.39 is 17.1 Å². The molecule has 0 atom stereocenters. The van der Waals surface area contributed by atoms with Crippen LogP contribution < -0.4 is 5.32 Å². The largest absolute Gasteiger partial charge is 0.342 e. The van der Waals surface area contributed by atoms with Gasteiger partial charge in [0.05, 0.1) is 4.91 Å². The molecule has 38 heavy (non-hydrogen) atoms. The van der Waals surface area contributed by atoms with Gasteiger partial charge in [-0.1, -0.05) is 65.7 Å². The minimum atomic E-state index is -0.476. The number of para-hydroxylation sites is 1. The van der Waals surface area contributed by atoms with E-state index in [1.807, 2.05) is 87.6 Å². The molecule has 0 spiro atoms. The molecule has 3 aromatic carbocycles. The molecular formula is C30H26ClN3O3S. The maximum absolute atomic E-state index is 13.2. The van der Waals surface area contributed by atoms with Crippen LogP contribution in [0.3, 0.4) is 0 Å². The second kappa shape index (κ2) is 10.5. The molecule has 4 aromatic rings. The summed E-state index contributed by atoms with van der Waals surface area (Å²) in [5, 5.41) is 4.04. The van der Waals surface area contributed by atoms with E-state index in [1.54, 1.807) is 6.08 Å². The number of anilines is 1. The standard InChI is InChI=1S/C30H26ClN3O3S/c1-18-12-19(2)28(20(3)13-18)32-27(35)17-34-29(36)26(38-30(34)37)14-22-16-33(25-11-7-5-9-23(22)25)15-21-8-4-6-10-24(21)31/h4-14,16H,15,17H2,1-3H3,(H,32,35)/b26-14+. The molecule has 0 aliphatic carbocycles. The predicted molar refractivity (Wildman–Crippen MR) is 154 cm³/mol. The third kappa shape index (κ3) is 5.12. The molecule has 1 N–H and O–H groups in total. The smallest absolute Gasteiger partial charge is 0.294 e. The van der Waals surface area contributed by atoms with Crippen molar-refractivity contribution >= 4 is 63.1 Å². The van der Waals surface area contributed by atoms with Crippen molar-refractivity contribution in [2.75, 3.05) is 11.9 Å². The van der Waals surface area contributed by atoms with Crippen molar-refractivity contribution < 1.29 is 14.4 Å². The van der Waals surface area contributed by atoms with Gasteiger partial charge in [0, 0.05) is 39.9 Å². The normalized spacial score (nSPS) is 14.6. The van der Waals surface area contributed by atoms with E-state index in [1.165, 1.54) is 0 Å². The van der Waals surface area contributed by atoms with Crippen molar-refractivity contribution in [1.29, 1.82) is 0 Å². The van der Waals surface area contributed by atoms with Crippen molar-refractivity contribution in [1.82, 2.24) is 9.47 Å². The minimum Gasteiger partial charge on any atom is -0.342 e. The Morgan fingerprint density at radius 1 is 1.00 bits per heavy atom. The van der Waals surface area contributed by atoms with Crippen LogP contribution in [0.4, 0.5) is 10.5 Å². The van der Waals surface area contributed by atoms with E-state index in [0.717, 1.165) is 55.4 Å². The maximum Gasteiger partial charge on any atom is 0.294 e. The fourth-order valence-electron chi connectivity index (χ4n) is 4.81. The summed E-state index contributed by atoms with van der Waals surface area (Å²) in [6, 6.07) is 19.5. The van der Waals surface area contributed by atoms with Crippen LogP contribution in [0.15, 0.2) is 71.8 Å². The number of hydrogen-bond acceptors (Lipinski definition) is 4. The van der Waals surface area contributed by atoms with Gasteiger partial charge in [0.2, 0.25) is 5.91 Å². The Hall–Kier alpha value is -3.81. The summed E-state index contributed by atoms with van der Waals surface area (Å²) in [4.78, 5) is 40.0. The number of rotatable bonds is 6. The van der Waals surface area contributed by atoms with Crippen LogP contribution in [0.25, 0.3) is 17.0 Å². The summed E-state index contributed by atoms with van der Waals surface area (Å²) in [5.74, 6) is -0.893. The Labute approximate surface area is 230 Å². The summed E-state index contributed by atoms with van der Waals surface area (Å²) < 4.78 is 2.08. The van der Waals surface area contributed by atoms with Crippen molar-refractivity contribution in [2.24, 2.45) is 0 Å². The fraction of sp³-hybridized carbons (Fsp3) is 0.167. The van der Waals surface area contributed by atoms with Gasteiger partial charge in [0.25, 0.3) is 11.1 Å². The molecule has 2 heterocycles. The van der Waals surface area contributed by atoms with Gasteiger partial charge >= 0.3 is 0 Å². The van der Waals surface area contributed by atoms with E-state index >= 15 is 0 Å². The number of nitrogens with zero attached hydrogens (tertiary/aromatic N) is 2. The second-order valence-electron chi connectivity index (χ2n) is 9.41. The van der Waals surface area contributed by atoms with Gasteiger partial charge in [-0.15, -0.1) is 0 Å². The van der Waals surface area contributed by atoms with Crippen molar-refractivity contribution in [3.05, 3.63) is 105 Å². The Bertz CT molecular complexity index is 1620. The Balaban J connectivity index is 1.38. The first-order valence-electron chi connectivity index (χ1n) is 12.2. The predicted octanol–water partition coefficient (Wildman–Crippen LogP) is 6.94. The molecule has 0 unspecified atom stereocenters. The van der Waals surface area contributed by atoms with E-state index in [9.17, 15) is 14.4 Å². The first-order chi connectivity index (χ1) is 18.2. The molecular weight excluding hydrogens is 518 g/mol. The number of aryl methyl sites for hydroxylation is 3. The van der Waals surface area contributed by atoms with Crippen molar-refractivity contribution in [3.63, 3.8) is 0 Å². The molecule has 0 radical (unpaired) electrons. The summed E-state index contributed by atoms with van der Waals surface area (Å²) >= 11 is 7.23. The SMILES string of the molecule is Cc1cc(C)c(NC(=O)CN2C(=O)S/C(=C/c3cn(Cc4ccccc4Cl)c4ccccc34)C2=O)c(C)c1. The van der Waals surface area contributed by atoms with Crippen LogP contribution in [-0.4, -0.2) is 33.1 Å². The molecule has 6 nitrogen and oxygen atoms in total. The first kappa shape index (κ1) is 25.8. The van der Waals surface area contributed by atoms with E-state index in [4.69, 9.17) is 11.6 Å². The van der Waals surface area contributed by atoms with Crippen LogP contribution >= 0.6 is 23.4 Å².